The van der Waals surface area contributed by atoms with Gasteiger partial charge in [-0.2, -0.15) is 0 Å². The van der Waals surface area contributed by atoms with Gasteiger partial charge in [0.15, 0.2) is 0 Å². The van der Waals surface area contributed by atoms with Gasteiger partial charge in [0.2, 0.25) is 5.95 Å². The molecule has 5 heteroatoms. The van der Waals surface area contributed by atoms with Crippen molar-refractivity contribution in [2.45, 2.75) is 25.0 Å². The minimum Gasteiger partial charge on any atom is -0.391 e. The van der Waals surface area contributed by atoms with E-state index in [0.29, 0.717) is 11.0 Å². The minimum atomic E-state index is -0.251. The molecule has 14 heavy (non-hydrogen) atoms. The number of aliphatic hydroxyl groups excluding tert-OH is 1. The highest BCUT2D eigenvalue weighted by Gasteiger charge is 2.33. The van der Waals surface area contributed by atoms with E-state index in [4.69, 9.17) is 11.6 Å². The maximum Gasteiger partial charge on any atom is 0.225 e. The third kappa shape index (κ3) is 1.67. The van der Waals surface area contributed by atoms with Gasteiger partial charge in [0, 0.05) is 7.05 Å². The molecular weight excluding hydrogens is 202 g/mol. The van der Waals surface area contributed by atoms with E-state index in [2.05, 4.69) is 9.97 Å². The lowest BCUT2D eigenvalue weighted by Gasteiger charge is -2.39. The second-order valence-electron chi connectivity index (χ2n) is 3.52. The summed E-state index contributed by atoms with van der Waals surface area (Å²) >= 11 is 5.68. The molecule has 0 radical (unpaired) electrons. The summed E-state index contributed by atoms with van der Waals surface area (Å²) in [4.78, 5) is 10.1. The fraction of sp³-hybridized carbons (Fsp3) is 0.556. The van der Waals surface area contributed by atoms with Crippen LogP contribution in [0.5, 0.6) is 0 Å². The number of anilines is 1. The second kappa shape index (κ2) is 3.71. The van der Waals surface area contributed by atoms with E-state index in [-0.39, 0.29) is 12.1 Å². The smallest absolute Gasteiger partial charge is 0.225 e. The van der Waals surface area contributed by atoms with E-state index in [1.165, 1.54) is 0 Å². The molecule has 0 bridgehead atoms. The van der Waals surface area contributed by atoms with Crippen molar-refractivity contribution in [3.05, 3.63) is 17.4 Å². The number of hydrogen-bond acceptors (Lipinski definition) is 4. The van der Waals surface area contributed by atoms with Gasteiger partial charge < -0.3 is 10.0 Å². The molecule has 4 nitrogen and oxygen atoms in total. The van der Waals surface area contributed by atoms with E-state index in [1.54, 1.807) is 12.4 Å². The molecular formula is C9H12ClN3O. The van der Waals surface area contributed by atoms with E-state index in [0.717, 1.165) is 12.8 Å². The van der Waals surface area contributed by atoms with Crippen LogP contribution in [-0.2, 0) is 0 Å². The number of hydrogen-bond donors (Lipinski definition) is 1. The SMILES string of the molecule is CN(c1ncc(Cl)cn1)C1CCC1O. The summed E-state index contributed by atoms with van der Waals surface area (Å²) in [6.45, 7) is 0. The predicted molar refractivity (Wildman–Crippen MR) is 54.5 cm³/mol. The normalized spacial score (nSPS) is 25.6. The van der Waals surface area contributed by atoms with Gasteiger partial charge in [0.1, 0.15) is 0 Å². The van der Waals surface area contributed by atoms with Crippen LogP contribution in [0.25, 0.3) is 0 Å². The van der Waals surface area contributed by atoms with Crippen molar-refractivity contribution < 1.29 is 5.11 Å². The van der Waals surface area contributed by atoms with Crippen molar-refractivity contribution in [2.75, 3.05) is 11.9 Å². The monoisotopic (exact) mass is 213 g/mol. The maximum atomic E-state index is 9.47. The lowest BCUT2D eigenvalue weighted by Crippen LogP contribution is -2.49. The van der Waals surface area contributed by atoms with Gasteiger partial charge in [-0.15, -0.1) is 0 Å². The summed E-state index contributed by atoms with van der Waals surface area (Å²) in [5.41, 5.74) is 0. The summed E-state index contributed by atoms with van der Waals surface area (Å²) in [7, 11) is 1.89. The van der Waals surface area contributed by atoms with Crippen LogP contribution in [0.4, 0.5) is 5.95 Å². The summed E-state index contributed by atoms with van der Waals surface area (Å²) in [6, 6.07) is 0.149. The average Bonchev–Trinajstić information content (AvgIpc) is 2.16. The molecule has 0 aromatic carbocycles. The minimum absolute atomic E-state index is 0.149. The van der Waals surface area contributed by atoms with Gasteiger partial charge in [-0.05, 0) is 12.8 Å². The van der Waals surface area contributed by atoms with E-state index >= 15 is 0 Å². The van der Waals surface area contributed by atoms with Gasteiger partial charge in [0.25, 0.3) is 0 Å². The Kier molecular flexibility index (Phi) is 2.56. The zero-order chi connectivity index (χ0) is 10.1. The molecule has 0 aliphatic heterocycles. The Balaban J connectivity index is 2.10. The standard InChI is InChI=1S/C9H12ClN3O/c1-13(7-2-3-8(7)14)9-11-4-6(10)5-12-9/h4-5,7-8,14H,2-3H2,1H3. The van der Waals surface area contributed by atoms with Gasteiger partial charge >= 0.3 is 0 Å². The maximum absolute atomic E-state index is 9.47. The number of rotatable bonds is 2. The lowest BCUT2D eigenvalue weighted by atomic mass is 9.88. The molecule has 0 spiro atoms. The molecule has 1 aliphatic carbocycles. The Hall–Kier alpha value is -0.870. The first-order valence-electron chi connectivity index (χ1n) is 4.57. The molecule has 76 valence electrons. The van der Waals surface area contributed by atoms with Crippen LogP contribution in [-0.4, -0.2) is 34.3 Å². The number of nitrogens with zero attached hydrogens (tertiary/aromatic N) is 3. The molecule has 0 saturated heterocycles. The highest BCUT2D eigenvalue weighted by Crippen LogP contribution is 2.26. The van der Waals surface area contributed by atoms with Crippen molar-refractivity contribution in [3.8, 4) is 0 Å². The van der Waals surface area contributed by atoms with Gasteiger partial charge in [-0.25, -0.2) is 9.97 Å². The largest absolute Gasteiger partial charge is 0.391 e. The quantitative estimate of drug-likeness (QED) is 0.799. The molecule has 0 amide bonds. The molecule has 2 unspecified atom stereocenters. The topological polar surface area (TPSA) is 49.2 Å². The zero-order valence-electron chi connectivity index (χ0n) is 7.89. The van der Waals surface area contributed by atoms with Crippen molar-refractivity contribution in [1.29, 1.82) is 0 Å². The first-order valence-corrected chi connectivity index (χ1v) is 4.94. The summed E-state index contributed by atoms with van der Waals surface area (Å²) in [6.07, 6.45) is 4.72. The number of aliphatic hydroxyl groups is 1. The molecule has 1 fully saturated rings. The van der Waals surface area contributed by atoms with Crippen molar-refractivity contribution >= 4 is 17.5 Å². The van der Waals surface area contributed by atoms with E-state index in [1.807, 2.05) is 11.9 Å². The zero-order valence-corrected chi connectivity index (χ0v) is 8.65. The van der Waals surface area contributed by atoms with Crippen LogP contribution in [0, 0.1) is 0 Å². The van der Waals surface area contributed by atoms with Crippen molar-refractivity contribution in [1.82, 2.24) is 9.97 Å². The Bertz CT molecular complexity index is 316. The Labute approximate surface area is 87.5 Å². The molecule has 1 aliphatic rings. The molecule has 1 aromatic heterocycles. The number of aromatic nitrogens is 2. The van der Waals surface area contributed by atoms with Gasteiger partial charge in [-0.1, -0.05) is 11.6 Å². The molecule has 1 aromatic rings. The highest BCUT2D eigenvalue weighted by atomic mass is 35.5. The third-order valence-electron chi connectivity index (χ3n) is 2.62. The molecule has 2 atom stereocenters. The third-order valence-corrected chi connectivity index (χ3v) is 2.82. The molecule has 1 heterocycles. The highest BCUT2D eigenvalue weighted by molar-refractivity contribution is 6.30. The van der Waals surface area contributed by atoms with Gasteiger partial charge in [0.05, 0.1) is 29.6 Å². The first kappa shape index (κ1) is 9.68. The van der Waals surface area contributed by atoms with Crippen LogP contribution in [0.2, 0.25) is 5.02 Å². The average molecular weight is 214 g/mol. The summed E-state index contributed by atoms with van der Waals surface area (Å²) in [5.74, 6) is 0.609. The molecule has 1 saturated carbocycles. The second-order valence-corrected chi connectivity index (χ2v) is 3.96. The number of halogens is 1. The van der Waals surface area contributed by atoms with Crippen molar-refractivity contribution in [3.63, 3.8) is 0 Å². The van der Waals surface area contributed by atoms with Crippen LogP contribution in [0.3, 0.4) is 0 Å². The van der Waals surface area contributed by atoms with Crippen LogP contribution < -0.4 is 4.90 Å². The van der Waals surface area contributed by atoms with E-state index in [9.17, 15) is 5.11 Å². The van der Waals surface area contributed by atoms with Crippen molar-refractivity contribution in [2.24, 2.45) is 0 Å². The first-order chi connectivity index (χ1) is 6.68. The molecule has 1 N–H and O–H groups in total. The Morgan fingerprint density at radius 3 is 2.50 bits per heavy atom. The van der Waals surface area contributed by atoms with Crippen LogP contribution in [0.15, 0.2) is 12.4 Å². The summed E-state index contributed by atoms with van der Waals surface area (Å²) < 4.78 is 0. The lowest BCUT2D eigenvalue weighted by molar-refractivity contribution is 0.0662. The van der Waals surface area contributed by atoms with E-state index < -0.39 is 0 Å². The summed E-state index contributed by atoms with van der Waals surface area (Å²) in [5, 5.41) is 10.00. The fourth-order valence-electron chi connectivity index (χ4n) is 1.55. The predicted octanol–water partition coefficient (Wildman–Crippen LogP) is 1.09. The van der Waals surface area contributed by atoms with Crippen LogP contribution in [0.1, 0.15) is 12.8 Å². The Morgan fingerprint density at radius 2 is 2.07 bits per heavy atom. The van der Waals surface area contributed by atoms with Crippen LogP contribution >= 0.6 is 11.6 Å². The number of likely N-dealkylation sites (N-methyl/N-ethyl adjacent to an activating group) is 1. The molecule has 2 rings (SSSR count). The Morgan fingerprint density at radius 1 is 1.43 bits per heavy atom. The van der Waals surface area contributed by atoms with Gasteiger partial charge in [-0.3, -0.25) is 0 Å². The fourth-order valence-corrected chi connectivity index (χ4v) is 1.65.